The number of alkyl carbamates (subject to hydrolysis) is 1. The van der Waals surface area contributed by atoms with Crippen molar-refractivity contribution < 1.29 is 28.9 Å². The molecule has 2 fully saturated rings. The lowest BCUT2D eigenvalue weighted by atomic mass is 9.99. The number of hydrogen-bond acceptors (Lipinski definition) is 7. The van der Waals surface area contributed by atoms with Gasteiger partial charge in [0.15, 0.2) is 6.29 Å². The molecule has 0 unspecified atom stereocenters. The van der Waals surface area contributed by atoms with Crippen molar-refractivity contribution in [1.29, 1.82) is 0 Å². The van der Waals surface area contributed by atoms with Crippen molar-refractivity contribution in [1.82, 2.24) is 10.2 Å². The van der Waals surface area contributed by atoms with Crippen LogP contribution in [0.2, 0.25) is 0 Å². The second-order valence-electron chi connectivity index (χ2n) is 10.9. The van der Waals surface area contributed by atoms with Crippen molar-refractivity contribution >= 4 is 12.4 Å². The van der Waals surface area contributed by atoms with Crippen LogP contribution in [0.3, 0.4) is 0 Å². The monoisotopic (exact) mass is 524 g/mol. The van der Waals surface area contributed by atoms with Gasteiger partial charge in [-0.15, -0.1) is 0 Å². The van der Waals surface area contributed by atoms with E-state index in [4.69, 9.17) is 14.2 Å². The number of carbonyl (C=O) groups excluding carboxylic acids is 2. The number of amides is 1. The van der Waals surface area contributed by atoms with Crippen LogP contribution in [-0.2, 0) is 27.2 Å². The van der Waals surface area contributed by atoms with E-state index in [9.17, 15) is 14.7 Å². The standard InChI is InChI=1S/C30H40N2O6/c1-20(2)15-32(16-23-6-4-21(3)5-7-23)17-27(34)26(14-22-8-10-24(18-33)11-9-22)31-30(35)38-28-19-37-29-25(28)12-13-36-29/h4-11,18,20,25-29,34H,12-17,19H2,1-3H3,(H,31,35)/t25-,26-,27+,28-,29+/m0/s1. The predicted molar refractivity (Wildman–Crippen MR) is 144 cm³/mol. The van der Waals surface area contributed by atoms with Crippen LogP contribution in [0.5, 0.6) is 0 Å². The second kappa shape index (κ2) is 13.3. The molecule has 0 bridgehead atoms. The molecule has 2 N–H and O–H groups in total. The summed E-state index contributed by atoms with van der Waals surface area (Å²) in [6.45, 7) is 9.16. The first-order valence-electron chi connectivity index (χ1n) is 13.5. The summed E-state index contributed by atoms with van der Waals surface area (Å²) in [5.41, 5.74) is 3.86. The maximum absolute atomic E-state index is 13.0. The van der Waals surface area contributed by atoms with Crippen molar-refractivity contribution in [2.45, 2.75) is 64.7 Å². The number of nitrogens with one attached hydrogen (secondary N) is 1. The van der Waals surface area contributed by atoms with E-state index < -0.39 is 18.2 Å². The van der Waals surface area contributed by atoms with Crippen LogP contribution in [0.4, 0.5) is 4.79 Å². The lowest BCUT2D eigenvalue weighted by Crippen LogP contribution is -2.50. The van der Waals surface area contributed by atoms with Gasteiger partial charge < -0.3 is 24.6 Å². The SMILES string of the molecule is Cc1ccc(CN(CC(C)C)C[C@@H](O)[C@H](Cc2ccc(C=O)cc2)NC(=O)O[C@H]2CO[C@H]3OCC[C@H]32)cc1. The molecular formula is C30H40N2O6. The molecule has 2 aliphatic rings. The minimum Gasteiger partial charge on any atom is -0.443 e. The molecule has 2 aliphatic heterocycles. The first-order valence-corrected chi connectivity index (χ1v) is 13.5. The summed E-state index contributed by atoms with van der Waals surface area (Å²) in [6, 6.07) is 15.0. The van der Waals surface area contributed by atoms with Crippen molar-refractivity contribution in [2.75, 3.05) is 26.3 Å². The third kappa shape index (κ3) is 7.86. The average molecular weight is 525 g/mol. The summed E-state index contributed by atoms with van der Waals surface area (Å²) in [6.07, 6.45) is -0.117. The number of carbonyl (C=O) groups is 2. The Morgan fingerprint density at radius 2 is 1.82 bits per heavy atom. The van der Waals surface area contributed by atoms with Gasteiger partial charge in [0.2, 0.25) is 0 Å². The highest BCUT2D eigenvalue weighted by Gasteiger charge is 2.44. The zero-order valence-electron chi connectivity index (χ0n) is 22.5. The molecule has 2 aromatic rings. The highest BCUT2D eigenvalue weighted by Crippen LogP contribution is 2.33. The summed E-state index contributed by atoms with van der Waals surface area (Å²) in [5.74, 6) is 0.444. The van der Waals surface area contributed by atoms with E-state index in [0.29, 0.717) is 44.2 Å². The maximum atomic E-state index is 13.0. The number of ether oxygens (including phenoxy) is 3. The molecule has 0 saturated carbocycles. The fourth-order valence-corrected chi connectivity index (χ4v) is 5.20. The van der Waals surface area contributed by atoms with Crippen LogP contribution >= 0.6 is 0 Å². The maximum Gasteiger partial charge on any atom is 0.407 e. The normalized spacial score (nSPS) is 22.3. The molecule has 0 spiro atoms. The summed E-state index contributed by atoms with van der Waals surface area (Å²) >= 11 is 0. The zero-order valence-corrected chi connectivity index (χ0v) is 22.5. The van der Waals surface area contributed by atoms with Gasteiger partial charge >= 0.3 is 6.09 Å². The average Bonchev–Trinajstić information content (AvgIpc) is 3.50. The molecule has 2 saturated heterocycles. The Bertz CT molecular complexity index is 1040. The van der Waals surface area contributed by atoms with E-state index in [-0.39, 0.29) is 18.3 Å². The first-order chi connectivity index (χ1) is 18.3. The molecule has 5 atom stereocenters. The topological polar surface area (TPSA) is 97.3 Å². The van der Waals surface area contributed by atoms with E-state index in [1.807, 2.05) is 12.1 Å². The molecule has 8 heteroatoms. The second-order valence-corrected chi connectivity index (χ2v) is 10.9. The molecule has 2 aromatic carbocycles. The van der Waals surface area contributed by atoms with Gasteiger partial charge in [-0.3, -0.25) is 9.69 Å². The molecule has 0 aromatic heterocycles. The fourth-order valence-electron chi connectivity index (χ4n) is 5.20. The van der Waals surface area contributed by atoms with Crippen LogP contribution in [0.25, 0.3) is 0 Å². The smallest absolute Gasteiger partial charge is 0.407 e. The minimum absolute atomic E-state index is 0.0380. The van der Waals surface area contributed by atoms with Gasteiger partial charge in [-0.25, -0.2) is 4.79 Å². The fraction of sp³-hybridized carbons (Fsp3) is 0.533. The van der Waals surface area contributed by atoms with Crippen molar-refractivity contribution in [2.24, 2.45) is 11.8 Å². The zero-order chi connectivity index (χ0) is 27.1. The molecule has 0 radical (unpaired) electrons. The van der Waals surface area contributed by atoms with Gasteiger partial charge in [-0.2, -0.15) is 0 Å². The molecule has 8 nitrogen and oxygen atoms in total. The molecular weight excluding hydrogens is 484 g/mol. The lowest BCUT2D eigenvalue weighted by molar-refractivity contribution is -0.0907. The number of fused-ring (bicyclic) bond motifs is 1. The number of aldehydes is 1. The Morgan fingerprint density at radius 1 is 1.11 bits per heavy atom. The number of rotatable bonds is 12. The predicted octanol–water partition coefficient (Wildman–Crippen LogP) is 3.73. The molecule has 2 heterocycles. The Balaban J connectivity index is 1.45. The van der Waals surface area contributed by atoms with Gasteiger partial charge in [0.1, 0.15) is 12.4 Å². The van der Waals surface area contributed by atoms with Crippen LogP contribution in [0, 0.1) is 18.8 Å². The summed E-state index contributed by atoms with van der Waals surface area (Å²) in [7, 11) is 0. The van der Waals surface area contributed by atoms with E-state index in [1.165, 1.54) is 11.1 Å². The lowest BCUT2D eigenvalue weighted by Gasteiger charge is -2.31. The molecule has 38 heavy (non-hydrogen) atoms. The number of hydrogen-bond donors (Lipinski definition) is 2. The summed E-state index contributed by atoms with van der Waals surface area (Å²) < 4.78 is 16.9. The first kappa shape index (κ1) is 28.2. The van der Waals surface area contributed by atoms with Crippen molar-refractivity contribution in [3.63, 3.8) is 0 Å². The Kier molecular flexibility index (Phi) is 9.91. The van der Waals surface area contributed by atoms with Crippen LogP contribution in [0.15, 0.2) is 48.5 Å². The number of aliphatic hydroxyl groups is 1. The minimum atomic E-state index is -0.847. The molecule has 206 valence electrons. The third-order valence-electron chi connectivity index (χ3n) is 7.18. The van der Waals surface area contributed by atoms with Gasteiger partial charge in [-0.05, 0) is 36.8 Å². The van der Waals surface area contributed by atoms with Gasteiger partial charge in [0.25, 0.3) is 0 Å². The van der Waals surface area contributed by atoms with Crippen LogP contribution < -0.4 is 5.32 Å². The summed E-state index contributed by atoms with van der Waals surface area (Å²) in [5, 5.41) is 14.4. The van der Waals surface area contributed by atoms with Crippen molar-refractivity contribution in [3.8, 4) is 0 Å². The van der Waals surface area contributed by atoms with Gasteiger partial charge in [0.05, 0.1) is 31.3 Å². The molecule has 0 aliphatic carbocycles. The van der Waals surface area contributed by atoms with Gasteiger partial charge in [-0.1, -0.05) is 67.9 Å². The Labute approximate surface area is 225 Å². The van der Waals surface area contributed by atoms with Gasteiger partial charge in [0, 0.05) is 25.2 Å². The van der Waals surface area contributed by atoms with Crippen LogP contribution in [-0.4, -0.2) is 73.2 Å². The highest BCUT2D eigenvalue weighted by atomic mass is 16.7. The number of aliphatic hydroxyl groups excluding tert-OH is 1. The quantitative estimate of drug-likeness (QED) is 0.409. The number of aryl methyl sites for hydroxylation is 1. The summed E-state index contributed by atoms with van der Waals surface area (Å²) in [4.78, 5) is 26.3. The number of benzene rings is 2. The Morgan fingerprint density at radius 3 is 2.50 bits per heavy atom. The van der Waals surface area contributed by atoms with E-state index in [1.54, 1.807) is 12.1 Å². The van der Waals surface area contributed by atoms with Crippen molar-refractivity contribution in [3.05, 3.63) is 70.8 Å². The van der Waals surface area contributed by atoms with Crippen LogP contribution in [0.1, 0.15) is 47.3 Å². The highest BCUT2D eigenvalue weighted by molar-refractivity contribution is 5.74. The largest absolute Gasteiger partial charge is 0.443 e. The van der Waals surface area contributed by atoms with E-state index in [2.05, 4.69) is 55.3 Å². The molecule has 4 rings (SSSR count). The third-order valence-corrected chi connectivity index (χ3v) is 7.18. The Hall–Kier alpha value is -2.78. The van der Waals surface area contributed by atoms with E-state index in [0.717, 1.165) is 24.8 Å². The number of nitrogens with zero attached hydrogens (tertiary/aromatic N) is 1. The molecule has 1 amide bonds. The van der Waals surface area contributed by atoms with E-state index >= 15 is 0 Å².